The van der Waals surface area contributed by atoms with Gasteiger partial charge in [0.05, 0.1) is 17.9 Å². The lowest BCUT2D eigenvalue weighted by molar-refractivity contribution is 0.174. The van der Waals surface area contributed by atoms with Gasteiger partial charge in [0, 0.05) is 22.5 Å². The summed E-state index contributed by atoms with van der Waals surface area (Å²) in [5.41, 5.74) is 0.940. The Bertz CT molecular complexity index is 858. The molecule has 3 nitrogen and oxygen atoms in total. The van der Waals surface area contributed by atoms with Gasteiger partial charge in [0.1, 0.15) is 0 Å². The molecule has 0 atom stereocenters. The molecule has 1 aliphatic heterocycles. The minimum absolute atomic E-state index is 0.258. The highest BCUT2D eigenvalue weighted by Crippen LogP contribution is 2.40. The molecule has 104 valence electrons. The van der Waals surface area contributed by atoms with Crippen LogP contribution in [0.4, 0.5) is 0 Å². The summed E-state index contributed by atoms with van der Waals surface area (Å²) in [6.45, 7) is 2.19. The first kappa shape index (κ1) is 12.5. The highest BCUT2D eigenvalue weighted by molar-refractivity contribution is 6.30. The lowest BCUT2D eigenvalue weighted by Gasteiger charge is -2.01. The van der Waals surface area contributed by atoms with E-state index in [9.17, 15) is 0 Å². The van der Waals surface area contributed by atoms with Crippen molar-refractivity contribution in [2.24, 2.45) is 0 Å². The van der Waals surface area contributed by atoms with Gasteiger partial charge < -0.3 is 9.47 Å². The van der Waals surface area contributed by atoms with E-state index in [0.29, 0.717) is 5.02 Å². The zero-order valence-corrected chi connectivity index (χ0v) is 12.1. The van der Waals surface area contributed by atoms with Gasteiger partial charge in [-0.3, -0.25) is 0 Å². The average molecular weight is 300 g/mol. The van der Waals surface area contributed by atoms with Gasteiger partial charge in [0.25, 0.3) is 0 Å². The van der Waals surface area contributed by atoms with E-state index in [1.807, 2.05) is 49.4 Å². The molecule has 0 bridgehead atoms. The third-order valence-electron chi connectivity index (χ3n) is 3.50. The normalized spacial score (nSPS) is 12.9. The molecule has 0 amide bonds. The summed E-state index contributed by atoms with van der Waals surface area (Å²) >= 11 is 6.09. The summed E-state index contributed by atoms with van der Waals surface area (Å²) in [7, 11) is 0. The van der Waals surface area contributed by atoms with Gasteiger partial charge in [0.2, 0.25) is 6.79 Å². The van der Waals surface area contributed by atoms with E-state index < -0.39 is 0 Å². The van der Waals surface area contributed by atoms with Crippen molar-refractivity contribution in [3.63, 3.8) is 0 Å². The van der Waals surface area contributed by atoms with Gasteiger partial charge in [-0.1, -0.05) is 17.7 Å². The molecular weight excluding hydrogens is 288 g/mol. The highest BCUT2D eigenvalue weighted by atomic mass is 35.5. The standard InChI is InChI=1S/C17H12ClO3/c1-10-5-12-7-15-16(20-9-19-15)8-14(12)17(21-10)11-3-2-4-13(18)6-11/h2-8H,9H2,1H3/q+1. The van der Waals surface area contributed by atoms with Crippen LogP contribution in [0, 0.1) is 6.92 Å². The van der Waals surface area contributed by atoms with E-state index in [2.05, 4.69) is 0 Å². The monoisotopic (exact) mass is 299 g/mol. The number of fused-ring (bicyclic) bond motifs is 2. The van der Waals surface area contributed by atoms with Gasteiger partial charge in [-0.2, -0.15) is 0 Å². The SMILES string of the molecule is Cc1cc2cc3c(cc2c(-c2cccc(Cl)c2)[o+]1)OCO3. The van der Waals surface area contributed by atoms with Gasteiger partial charge in [-0.05, 0) is 24.3 Å². The molecule has 3 aromatic rings. The number of hydrogen-bond donors (Lipinski definition) is 0. The van der Waals surface area contributed by atoms with E-state index in [1.54, 1.807) is 0 Å². The van der Waals surface area contributed by atoms with Crippen LogP contribution in [0.5, 0.6) is 11.5 Å². The summed E-state index contributed by atoms with van der Waals surface area (Å²) in [6, 6.07) is 13.6. The molecule has 1 aromatic heterocycles. The number of halogens is 1. The van der Waals surface area contributed by atoms with Crippen LogP contribution in [-0.2, 0) is 0 Å². The van der Waals surface area contributed by atoms with Crippen molar-refractivity contribution in [1.82, 2.24) is 0 Å². The third-order valence-corrected chi connectivity index (χ3v) is 3.73. The minimum Gasteiger partial charge on any atom is -0.454 e. The summed E-state index contributed by atoms with van der Waals surface area (Å²) in [4.78, 5) is 0. The molecule has 21 heavy (non-hydrogen) atoms. The van der Waals surface area contributed by atoms with Gasteiger partial charge in [-0.25, -0.2) is 4.42 Å². The van der Waals surface area contributed by atoms with Gasteiger partial charge in [-0.15, -0.1) is 0 Å². The van der Waals surface area contributed by atoms with Crippen molar-refractivity contribution < 1.29 is 13.9 Å². The number of benzene rings is 2. The quantitative estimate of drug-likeness (QED) is 0.587. The Morgan fingerprint density at radius 1 is 1.05 bits per heavy atom. The first-order valence-corrected chi connectivity index (χ1v) is 7.01. The number of aryl methyl sites for hydroxylation is 1. The fourth-order valence-corrected chi connectivity index (χ4v) is 2.77. The molecule has 0 unspecified atom stereocenters. The lowest BCUT2D eigenvalue weighted by Crippen LogP contribution is -1.92. The summed E-state index contributed by atoms with van der Waals surface area (Å²) < 4.78 is 16.8. The predicted octanol–water partition coefficient (Wildman–Crippen LogP) is 5.07. The van der Waals surface area contributed by atoms with Crippen molar-refractivity contribution >= 4 is 22.4 Å². The highest BCUT2D eigenvalue weighted by Gasteiger charge is 2.23. The summed E-state index contributed by atoms with van der Waals surface area (Å²) in [5.74, 6) is 3.12. The molecule has 0 radical (unpaired) electrons. The van der Waals surface area contributed by atoms with E-state index in [-0.39, 0.29) is 6.79 Å². The van der Waals surface area contributed by atoms with E-state index >= 15 is 0 Å². The number of hydrogen-bond acceptors (Lipinski definition) is 2. The molecule has 4 heteroatoms. The van der Waals surface area contributed by atoms with Crippen LogP contribution >= 0.6 is 11.6 Å². The topological polar surface area (TPSA) is 29.8 Å². The molecule has 2 aromatic carbocycles. The third kappa shape index (κ3) is 2.10. The van der Waals surface area contributed by atoms with Crippen LogP contribution in [0.1, 0.15) is 5.76 Å². The molecule has 0 N–H and O–H groups in total. The Labute approximate surface area is 126 Å². The molecule has 1 aliphatic rings. The molecule has 0 saturated heterocycles. The predicted molar refractivity (Wildman–Crippen MR) is 81.9 cm³/mol. The van der Waals surface area contributed by atoms with Gasteiger partial charge >= 0.3 is 11.5 Å². The molecule has 0 saturated carbocycles. The number of rotatable bonds is 1. The fraction of sp³-hybridized carbons (Fsp3) is 0.118. The van der Waals surface area contributed by atoms with Crippen LogP contribution in [-0.4, -0.2) is 6.79 Å². The molecule has 2 heterocycles. The van der Waals surface area contributed by atoms with Crippen LogP contribution in [0.15, 0.2) is 46.9 Å². The second kappa shape index (κ2) is 4.64. The minimum atomic E-state index is 0.258. The van der Waals surface area contributed by atoms with Crippen LogP contribution in [0.3, 0.4) is 0 Å². The molecular formula is C17H12ClO3+. The maximum Gasteiger partial charge on any atom is 0.368 e. The molecule has 0 fully saturated rings. The first-order chi connectivity index (χ1) is 10.2. The smallest absolute Gasteiger partial charge is 0.368 e. The van der Waals surface area contributed by atoms with Crippen LogP contribution < -0.4 is 9.47 Å². The van der Waals surface area contributed by atoms with Crippen LogP contribution in [0.25, 0.3) is 22.1 Å². The van der Waals surface area contributed by atoms with Crippen molar-refractivity contribution in [3.8, 4) is 22.8 Å². The second-order valence-corrected chi connectivity index (χ2v) is 5.43. The number of ether oxygens (including phenoxy) is 2. The Kier molecular flexibility index (Phi) is 2.76. The maximum absolute atomic E-state index is 6.09. The van der Waals surface area contributed by atoms with E-state index in [0.717, 1.165) is 39.4 Å². The van der Waals surface area contributed by atoms with Crippen LogP contribution in [0.2, 0.25) is 5.02 Å². The second-order valence-electron chi connectivity index (χ2n) is 4.99. The van der Waals surface area contributed by atoms with E-state index in [4.69, 9.17) is 25.5 Å². The van der Waals surface area contributed by atoms with Crippen molar-refractivity contribution in [1.29, 1.82) is 0 Å². The zero-order valence-electron chi connectivity index (χ0n) is 11.4. The van der Waals surface area contributed by atoms with Gasteiger partial charge in [0.15, 0.2) is 11.5 Å². The average Bonchev–Trinajstić information content (AvgIpc) is 2.91. The molecule has 4 rings (SSSR count). The summed E-state index contributed by atoms with van der Waals surface area (Å²) in [6.07, 6.45) is 0. The molecule has 0 aliphatic carbocycles. The van der Waals surface area contributed by atoms with Crippen molar-refractivity contribution in [2.45, 2.75) is 6.92 Å². The first-order valence-electron chi connectivity index (χ1n) is 6.64. The van der Waals surface area contributed by atoms with Crippen molar-refractivity contribution in [3.05, 3.63) is 53.2 Å². The Morgan fingerprint density at radius 3 is 2.67 bits per heavy atom. The molecule has 0 spiro atoms. The fourth-order valence-electron chi connectivity index (χ4n) is 2.58. The zero-order chi connectivity index (χ0) is 14.4. The van der Waals surface area contributed by atoms with Crippen molar-refractivity contribution in [2.75, 3.05) is 6.79 Å². The Hall–Kier alpha value is -2.26. The summed E-state index contributed by atoms with van der Waals surface area (Å²) in [5, 5.41) is 2.71. The maximum atomic E-state index is 6.09. The largest absolute Gasteiger partial charge is 0.454 e. The Balaban J connectivity index is 2.04. The lowest BCUT2D eigenvalue weighted by atomic mass is 10.0. The Morgan fingerprint density at radius 2 is 1.86 bits per heavy atom. The van der Waals surface area contributed by atoms with E-state index in [1.165, 1.54) is 0 Å².